The molecule has 28 heavy (non-hydrogen) atoms. The molecule has 2 aromatic carbocycles. The molecule has 4 nitrogen and oxygen atoms in total. The quantitative estimate of drug-likeness (QED) is 0.612. The van der Waals surface area contributed by atoms with Gasteiger partial charge in [0.25, 0.3) is 0 Å². The summed E-state index contributed by atoms with van der Waals surface area (Å²) >= 11 is 0. The second kappa shape index (κ2) is 10.0. The Balaban J connectivity index is 0.00000280. The minimum absolute atomic E-state index is 0. The predicted octanol–water partition coefficient (Wildman–Crippen LogP) is 4.30. The van der Waals surface area contributed by atoms with Crippen molar-refractivity contribution in [1.29, 1.82) is 0 Å². The van der Waals surface area contributed by atoms with Gasteiger partial charge >= 0.3 is 5.97 Å². The fourth-order valence-electron chi connectivity index (χ4n) is 3.73. The molecule has 3 rings (SSSR count). The van der Waals surface area contributed by atoms with E-state index in [1.54, 1.807) is 19.1 Å². The molecule has 0 N–H and O–H groups in total. The number of carbonyl (C=O) groups is 1. The molecule has 1 heterocycles. The first kappa shape index (κ1) is 22.3. The monoisotopic (exact) mass is 407 g/mol. The van der Waals surface area contributed by atoms with E-state index in [4.69, 9.17) is 9.47 Å². The van der Waals surface area contributed by atoms with Crippen molar-refractivity contribution >= 4 is 18.4 Å². The molecule has 0 bridgehead atoms. The largest absolute Gasteiger partial charge is 0.465 e. The first-order valence-corrected chi connectivity index (χ1v) is 9.37. The average Bonchev–Trinajstić information content (AvgIpc) is 3.02. The van der Waals surface area contributed by atoms with Crippen LogP contribution >= 0.6 is 12.4 Å². The summed E-state index contributed by atoms with van der Waals surface area (Å²) in [4.78, 5) is 13.6. The van der Waals surface area contributed by atoms with E-state index in [-0.39, 0.29) is 30.7 Å². The fourth-order valence-corrected chi connectivity index (χ4v) is 3.73. The predicted molar refractivity (Wildman–Crippen MR) is 109 cm³/mol. The van der Waals surface area contributed by atoms with Gasteiger partial charge in [0.05, 0.1) is 19.8 Å². The summed E-state index contributed by atoms with van der Waals surface area (Å²) in [5.74, 6) is -0.468. The molecule has 1 aliphatic heterocycles. The summed E-state index contributed by atoms with van der Waals surface area (Å²) in [5, 5.41) is 0. The lowest BCUT2D eigenvalue weighted by molar-refractivity contribution is -0.144. The van der Waals surface area contributed by atoms with Crippen LogP contribution in [0.4, 0.5) is 4.39 Å². The number of hydrogen-bond donors (Lipinski definition) is 0. The molecular formula is C22H27ClFNO3. The average molecular weight is 408 g/mol. The molecule has 6 heteroatoms. The van der Waals surface area contributed by atoms with Crippen LogP contribution in [-0.4, -0.2) is 37.6 Å². The molecule has 0 aliphatic carbocycles. The van der Waals surface area contributed by atoms with E-state index in [0.717, 1.165) is 30.5 Å². The summed E-state index contributed by atoms with van der Waals surface area (Å²) in [6.07, 6.45) is 1.59. The number of halogens is 2. The summed E-state index contributed by atoms with van der Waals surface area (Å²) in [7, 11) is 1.91. The maximum absolute atomic E-state index is 13.4. The van der Waals surface area contributed by atoms with E-state index in [0.29, 0.717) is 13.2 Å². The lowest BCUT2D eigenvalue weighted by atomic mass is 9.82. The zero-order valence-corrected chi connectivity index (χ0v) is 17.1. The Bertz CT molecular complexity index is 784. The molecule has 2 aromatic rings. The molecule has 0 amide bonds. The summed E-state index contributed by atoms with van der Waals surface area (Å²) in [6.45, 7) is 3.76. The van der Waals surface area contributed by atoms with E-state index < -0.39 is 5.60 Å². The Hall–Kier alpha value is -1.95. The Labute approximate surface area is 172 Å². The number of fused-ring (bicyclic) bond motifs is 1. The number of carbonyl (C=O) groups excluding carboxylic acids is 1. The van der Waals surface area contributed by atoms with E-state index in [1.165, 1.54) is 17.7 Å². The van der Waals surface area contributed by atoms with E-state index in [9.17, 15) is 9.18 Å². The SMILES string of the molecule is CCOC(=O)CN(C)CCCC1(c2ccc(F)cc2)OCc2ccccc21.Cl. The summed E-state index contributed by atoms with van der Waals surface area (Å²) < 4.78 is 24.7. The fraction of sp³-hybridized carbons (Fsp3) is 0.409. The number of likely N-dealkylation sites (N-methyl/N-ethyl adjacent to an activating group) is 1. The van der Waals surface area contributed by atoms with Crippen LogP contribution in [0.1, 0.15) is 36.5 Å². The van der Waals surface area contributed by atoms with Gasteiger partial charge in [-0.15, -0.1) is 12.4 Å². The minimum atomic E-state index is -0.574. The molecule has 0 fully saturated rings. The van der Waals surface area contributed by atoms with Gasteiger partial charge in [0.1, 0.15) is 11.4 Å². The molecule has 0 saturated carbocycles. The molecule has 0 spiro atoms. The van der Waals surface area contributed by atoms with Gasteiger partial charge in [-0.25, -0.2) is 4.39 Å². The van der Waals surface area contributed by atoms with Crippen LogP contribution < -0.4 is 0 Å². The molecule has 0 radical (unpaired) electrons. The molecule has 1 aliphatic rings. The second-order valence-corrected chi connectivity index (χ2v) is 6.93. The van der Waals surface area contributed by atoms with Crippen molar-refractivity contribution in [2.45, 2.75) is 32.0 Å². The number of ether oxygens (including phenoxy) is 2. The van der Waals surface area contributed by atoms with Gasteiger partial charge in [-0.3, -0.25) is 9.69 Å². The standard InChI is InChI=1S/C22H26FNO3.ClH/c1-3-26-21(25)15-24(2)14-6-13-22(18-9-11-19(23)12-10-18)20-8-5-4-7-17(20)16-27-22;/h4-5,7-12H,3,6,13-16H2,1-2H3;1H. The van der Waals surface area contributed by atoms with Gasteiger partial charge in [-0.1, -0.05) is 36.4 Å². The van der Waals surface area contributed by atoms with Crippen LogP contribution in [0.15, 0.2) is 48.5 Å². The molecule has 1 atom stereocenters. The third-order valence-corrected chi connectivity index (χ3v) is 5.01. The first-order valence-electron chi connectivity index (χ1n) is 9.37. The van der Waals surface area contributed by atoms with Gasteiger partial charge in [0.2, 0.25) is 0 Å². The highest BCUT2D eigenvalue weighted by Crippen LogP contribution is 2.45. The van der Waals surface area contributed by atoms with Crippen molar-refractivity contribution in [2.24, 2.45) is 0 Å². The van der Waals surface area contributed by atoms with Crippen molar-refractivity contribution < 1.29 is 18.7 Å². The molecule has 152 valence electrons. The lowest BCUT2D eigenvalue weighted by Gasteiger charge is -2.31. The van der Waals surface area contributed by atoms with Gasteiger partial charge in [-0.2, -0.15) is 0 Å². The van der Waals surface area contributed by atoms with Gasteiger partial charge in [0, 0.05) is 0 Å². The van der Waals surface area contributed by atoms with Crippen molar-refractivity contribution in [3.8, 4) is 0 Å². The van der Waals surface area contributed by atoms with Crippen molar-refractivity contribution in [3.63, 3.8) is 0 Å². The topological polar surface area (TPSA) is 38.8 Å². The maximum Gasteiger partial charge on any atom is 0.320 e. The third-order valence-electron chi connectivity index (χ3n) is 5.01. The van der Waals surface area contributed by atoms with Crippen LogP contribution in [-0.2, 0) is 26.5 Å². The molecule has 1 unspecified atom stereocenters. The number of rotatable bonds is 8. The zero-order chi connectivity index (χ0) is 19.3. The Morgan fingerprint density at radius 2 is 1.93 bits per heavy atom. The number of benzene rings is 2. The van der Waals surface area contributed by atoms with Gasteiger partial charge in [0.15, 0.2) is 0 Å². The smallest absolute Gasteiger partial charge is 0.320 e. The van der Waals surface area contributed by atoms with Crippen LogP contribution in [0, 0.1) is 5.82 Å². The van der Waals surface area contributed by atoms with Crippen molar-refractivity contribution in [2.75, 3.05) is 26.7 Å². The Morgan fingerprint density at radius 1 is 1.21 bits per heavy atom. The molecular weight excluding hydrogens is 381 g/mol. The van der Waals surface area contributed by atoms with Gasteiger partial charge in [-0.05, 0) is 62.2 Å². The van der Waals surface area contributed by atoms with Crippen molar-refractivity contribution in [3.05, 3.63) is 71.0 Å². The van der Waals surface area contributed by atoms with Crippen LogP contribution in [0.2, 0.25) is 0 Å². The highest BCUT2D eigenvalue weighted by atomic mass is 35.5. The third kappa shape index (κ3) is 4.90. The summed E-state index contributed by atoms with van der Waals surface area (Å²) in [6, 6.07) is 14.8. The minimum Gasteiger partial charge on any atom is -0.465 e. The van der Waals surface area contributed by atoms with Gasteiger partial charge < -0.3 is 9.47 Å². The Kier molecular flexibility index (Phi) is 7.98. The van der Waals surface area contributed by atoms with Crippen LogP contribution in [0.3, 0.4) is 0 Å². The Morgan fingerprint density at radius 3 is 2.64 bits per heavy atom. The maximum atomic E-state index is 13.4. The molecule has 0 saturated heterocycles. The normalized spacial score (nSPS) is 17.9. The van der Waals surface area contributed by atoms with E-state index in [1.807, 2.05) is 24.1 Å². The second-order valence-electron chi connectivity index (χ2n) is 6.93. The van der Waals surface area contributed by atoms with Crippen LogP contribution in [0.25, 0.3) is 0 Å². The lowest BCUT2D eigenvalue weighted by Crippen LogP contribution is -2.31. The highest BCUT2D eigenvalue weighted by Gasteiger charge is 2.41. The number of nitrogens with zero attached hydrogens (tertiary/aromatic N) is 1. The number of hydrogen-bond acceptors (Lipinski definition) is 4. The van der Waals surface area contributed by atoms with Crippen LogP contribution in [0.5, 0.6) is 0 Å². The van der Waals surface area contributed by atoms with E-state index >= 15 is 0 Å². The highest BCUT2D eigenvalue weighted by molar-refractivity contribution is 5.85. The molecule has 0 aromatic heterocycles. The van der Waals surface area contributed by atoms with E-state index in [2.05, 4.69) is 12.1 Å². The number of esters is 1. The van der Waals surface area contributed by atoms with Crippen molar-refractivity contribution in [1.82, 2.24) is 4.90 Å². The summed E-state index contributed by atoms with van der Waals surface area (Å²) in [5.41, 5.74) is 2.70. The first-order chi connectivity index (χ1) is 13.0. The zero-order valence-electron chi connectivity index (χ0n) is 16.3.